The van der Waals surface area contributed by atoms with Gasteiger partial charge in [-0.1, -0.05) is 0 Å². The second-order valence-electron chi connectivity index (χ2n) is 7.35. The van der Waals surface area contributed by atoms with E-state index in [1.54, 1.807) is 0 Å². The summed E-state index contributed by atoms with van der Waals surface area (Å²) in [4.78, 5) is 17.4. The van der Waals surface area contributed by atoms with Crippen LogP contribution < -0.4 is 5.32 Å². The second-order valence-corrected chi connectivity index (χ2v) is 7.35. The molecule has 0 aromatic rings. The van der Waals surface area contributed by atoms with Gasteiger partial charge in [-0.15, -0.1) is 12.4 Å². The van der Waals surface area contributed by atoms with Gasteiger partial charge in [0.25, 0.3) is 0 Å². The molecule has 0 radical (unpaired) electrons. The average molecular weight is 330 g/mol. The number of rotatable bonds is 3. The number of nitrogens with one attached hydrogen (secondary N) is 1. The molecule has 3 aliphatic heterocycles. The minimum absolute atomic E-state index is 0. The van der Waals surface area contributed by atoms with Crippen molar-refractivity contribution in [3.63, 3.8) is 0 Å². The first-order chi connectivity index (χ1) is 10.2. The van der Waals surface area contributed by atoms with Crippen molar-refractivity contribution in [3.8, 4) is 0 Å². The van der Waals surface area contributed by atoms with Crippen molar-refractivity contribution in [1.29, 1.82) is 0 Å². The predicted molar refractivity (Wildman–Crippen MR) is 92.4 cm³/mol. The Morgan fingerprint density at radius 1 is 1.09 bits per heavy atom. The maximum atomic E-state index is 12.6. The Labute approximate surface area is 141 Å². The molecule has 4 nitrogen and oxygen atoms in total. The lowest BCUT2D eigenvalue weighted by Gasteiger charge is -2.37. The topological polar surface area (TPSA) is 35.6 Å². The first-order valence-electron chi connectivity index (χ1n) is 8.97. The highest BCUT2D eigenvalue weighted by molar-refractivity contribution is 5.85. The van der Waals surface area contributed by atoms with Gasteiger partial charge in [0.15, 0.2) is 0 Å². The lowest BCUT2D eigenvalue weighted by atomic mass is 9.90. The fourth-order valence-electron chi connectivity index (χ4n) is 4.28. The maximum absolute atomic E-state index is 12.6. The molecule has 3 fully saturated rings. The molecule has 0 bridgehead atoms. The molecule has 1 amide bonds. The summed E-state index contributed by atoms with van der Waals surface area (Å²) in [6.45, 7) is 9.06. The monoisotopic (exact) mass is 329 g/mol. The SMILES string of the molecule is C[C@H]1C[C@@H](C(=O)N2CCC(CN3CCCC3)CC2)CCN1.Cl. The summed E-state index contributed by atoms with van der Waals surface area (Å²) in [6.07, 6.45) is 7.23. The molecule has 128 valence electrons. The van der Waals surface area contributed by atoms with E-state index in [-0.39, 0.29) is 18.3 Å². The first kappa shape index (κ1) is 18.0. The van der Waals surface area contributed by atoms with Crippen molar-refractivity contribution in [2.45, 2.75) is 51.5 Å². The highest BCUT2D eigenvalue weighted by Gasteiger charge is 2.31. The number of carbonyl (C=O) groups is 1. The number of likely N-dealkylation sites (tertiary alicyclic amines) is 2. The van der Waals surface area contributed by atoms with E-state index in [2.05, 4.69) is 22.0 Å². The van der Waals surface area contributed by atoms with Crippen molar-refractivity contribution in [1.82, 2.24) is 15.1 Å². The zero-order chi connectivity index (χ0) is 14.7. The minimum Gasteiger partial charge on any atom is -0.342 e. The van der Waals surface area contributed by atoms with Crippen LogP contribution in [0.4, 0.5) is 0 Å². The smallest absolute Gasteiger partial charge is 0.225 e. The quantitative estimate of drug-likeness (QED) is 0.861. The second kappa shape index (κ2) is 8.51. The van der Waals surface area contributed by atoms with E-state index in [0.717, 1.165) is 38.4 Å². The molecule has 0 saturated carbocycles. The first-order valence-corrected chi connectivity index (χ1v) is 8.97. The van der Waals surface area contributed by atoms with Gasteiger partial charge in [0, 0.05) is 31.6 Å². The van der Waals surface area contributed by atoms with Gasteiger partial charge in [-0.2, -0.15) is 0 Å². The number of amides is 1. The molecule has 0 aromatic carbocycles. The number of hydrogen-bond acceptors (Lipinski definition) is 3. The minimum atomic E-state index is 0. The third-order valence-corrected chi connectivity index (χ3v) is 5.61. The van der Waals surface area contributed by atoms with E-state index < -0.39 is 0 Å². The van der Waals surface area contributed by atoms with Crippen LogP contribution >= 0.6 is 12.4 Å². The maximum Gasteiger partial charge on any atom is 0.225 e. The molecule has 5 heteroatoms. The molecule has 1 N–H and O–H groups in total. The standard InChI is InChI=1S/C17H31N3O.ClH/c1-14-12-16(4-7-18-14)17(21)20-10-5-15(6-11-20)13-19-8-2-3-9-19;/h14-16,18H,2-13H2,1H3;1H/t14-,16-;/m0./s1. The fraction of sp³-hybridized carbons (Fsp3) is 0.941. The zero-order valence-electron chi connectivity index (χ0n) is 13.9. The summed E-state index contributed by atoms with van der Waals surface area (Å²) < 4.78 is 0. The van der Waals surface area contributed by atoms with Crippen LogP contribution in [0.2, 0.25) is 0 Å². The summed E-state index contributed by atoms with van der Waals surface area (Å²) in [7, 11) is 0. The zero-order valence-corrected chi connectivity index (χ0v) is 14.7. The summed E-state index contributed by atoms with van der Waals surface area (Å²) in [5.74, 6) is 1.53. The van der Waals surface area contributed by atoms with E-state index in [4.69, 9.17) is 0 Å². The Morgan fingerprint density at radius 2 is 1.77 bits per heavy atom. The van der Waals surface area contributed by atoms with Crippen LogP contribution in [0.1, 0.15) is 45.4 Å². The lowest BCUT2D eigenvalue weighted by Crippen LogP contribution is -2.47. The summed E-state index contributed by atoms with van der Waals surface area (Å²) >= 11 is 0. The number of halogens is 1. The van der Waals surface area contributed by atoms with Crippen molar-refractivity contribution in [3.05, 3.63) is 0 Å². The molecule has 3 rings (SSSR count). The van der Waals surface area contributed by atoms with Crippen LogP contribution in [0.5, 0.6) is 0 Å². The number of carbonyl (C=O) groups excluding carboxylic acids is 1. The number of hydrogen-bond donors (Lipinski definition) is 1. The fourth-order valence-corrected chi connectivity index (χ4v) is 4.28. The third kappa shape index (κ3) is 4.59. The number of piperidine rings is 2. The Bertz CT molecular complexity index is 352. The molecule has 0 spiro atoms. The molecule has 0 aliphatic carbocycles. The molecular weight excluding hydrogens is 298 g/mol. The van der Waals surface area contributed by atoms with Gasteiger partial charge in [-0.3, -0.25) is 4.79 Å². The largest absolute Gasteiger partial charge is 0.342 e. The Balaban J connectivity index is 0.00000176. The Kier molecular flexibility index (Phi) is 6.97. The lowest BCUT2D eigenvalue weighted by molar-refractivity contribution is -0.138. The Morgan fingerprint density at radius 3 is 2.41 bits per heavy atom. The highest BCUT2D eigenvalue weighted by atomic mass is 35.5. The van der Waals surface area contributed by atoms with Gasteiger partial charge < -0.3 is 15.1 Å². The average Bonchev–Trinajstić information content (AvgIpc) is 3.00. The van der Waals surface area contributed by atoms with Crippen molar-refractivity contribution in [2.24, 2.45) is 11.8 Å². The number of nitrogens with zero attached hydrogens (tertiary/aromatic N) is 2. The van der Waals surface area contributed by atoms with Gasteiger partial charge in [-0.05, 0) is 71.0 Å². The van der Waals surface area contributed by atoms with Gasteiger partial charge in [0.2, 0.25) is 5.91 Å². The van der Waals surface area contributed by atoms with Crippen molar-refractivity contribution < 1.29 is 4.79 Å². The van der Waals surface area contributed by atoms with E-state index in [1.807, 2.05) is 0 Å². The van der Waals surface area contributed by atoms with Gasteiger partial charge in [0.1, 0.15) is 0 Å². The molecule has 0 unspecified atom stereocenters. The molecule has 0 aromatic heterocycles. The molecule has 2 atom stereocenters. The van der Waals surface area contributed by atoms with Crippen molar-refractivity contribution in [2.75, 3.05) is 39.3 Å². The third-order valence-electron chi connectivity index (χ3n) is 5.61. The molecular formula is C17H32ClN3O. The normalized spacial score (nSPS) is 31.0. The van der Waals surface area contributed by atoms with Crippen LogP contribution in [0.25, 0.3) is 0 Å². The van der Waals surface area contributed by atoms with E-state index >= 15 is 0 Å². The predicted octanol–water partition coefficient (Wildman–Crippen LogP) is 2.13. The van der Waals surface area contributed by atoms with Gasteiger partial charge in [-0.25, -0.2) is 0 Å². The summed E-state index contributed by atoms with van der Waals surface area (Å²) in [6, 6.07) is 0.500. The van der Waals surface area contributed by atoms with Crippen molar-refractivity contribution >= 4 is 18.3 Å². The van der Waals surface area contributed by atoms with Gasteiger partial charge in [0.05, 0.1) is 0 Å². The molecule has 3 aliphatic rings. The van der Waals surface area contributed by atoms with E-state index in [1.165, 1.54) is 45.3 Å². The summed E-state index contributed by atoms with van der Waals surface area (Å²) in [5.41, 5.74) is 0. The van der Waals surface area contributed by atoms with Gasteiger partial charge >= 0.3 is 0 Å². The molecule has 22 heavy (non-hydrogen) atoms. The van der Waals surface area contributed by atoms with E-state index in [0.29, 0.717) is 11.9 Å². The van der Waals surface area contributed by atoms with E-state index in [9.17, 15) is 4.79 Å². The van der Waals surface area contributed by atoms with Crippen LogP contribution in [-0.4, -0.2) is 61.0 Å². The van der Waals surface area contributed by atoms with Crippen LogP contribution in [0, 0.1) is 11.8 Å². The summed E-state index contributed by atoms with van der Waals surface area (Å²) in [5, 5.41) is 3.44. The van der Waals surface area contributed by atoms with Crippen LogP contribution in [-0.2, 0) is 4.79 Å². The van der Waals surface area contributed by atoms with Crippen LogP contribution in [0.3, 0.4) is 0 Å². The highest BCUT2D eigenvalue weighted by Crippen LogP contribution is 2.24. The van der Waals surface area contributed by atoms with Crippen LogP contribution in [0.15, 0.2) is 0 Å². The molecule has 3 saturated heterocycles. The Hall–Kier alpha value is -0.320. The molecule has 3 heterocycles.